The second-order valence-corrected chi connectivity index (χ2v) is 11.6. The molecule has 7 aromatic carbocycles. The van der Waals surface area contributed by atoms with E-state index in [0.717, 1.165) is 22.1 Å². The SMILES string of the molecule is c1ccc(-c2nc(-c3ccc4ccccc4c3)nc(C3(c4ccc5ccccc5c4)c4ccccc4-c4ccccc43)n2)cc1. The van der Waals surface area contributed by atoms with Crippen molar-refractivity contribution < 1.29 is 0 Å². The van der Waals surface area contributed by atoms with Crippen molar-refractivity contribution in [2.75, 3.05) is 0 Å². The molecule has 3 heteroatoms. The summed E-state index contributed by atoms with van der Waals surface area (Å²) >= 11 is 0. The maximum absolute atomic E-state index is 5.42. The fourth-order valence-corrected chi connectivity index (χ4v) is 7.06. The fourth-order valence-electron chi connectivity index (χ4n) is 7.06. The van der Waals surface area contributed by atoms with Gasteiger partial charge in [0.25, 0.3) is 0 Å². The number of aromatic nitrogens is 3. The molecule has 210 valence electrons. The van der Waals surface area contributed by atoms with Gasteiger partial charge in [-0.3, -0.25) is 0 Å². The number of rotatable bonds is 4. The third-order valence-electron chi connectivity index (χ3n) is 9.15. The van der Waals surface area contributed by atoms with Gasteiger partial charge in [-0.15, -0.1) is 0 Å². The number of fused-ring (bicyclic) bond motifs is 5. The zero-order chi connectivity index (χ0) is 29.8. The first kappa shape index (κ1) is 25.6. The summed E-state index contributed by atoms with van der Waals surface area (Å²) in [6.45, 7) is 0. The number of hydrogen-bond donors (Lipinski definition) is 0. The Bertz CT molecular complexity index is 2350. The Kier molecular flexibility index (Phi) is 5.72. The largest absolute Gasteiger partial charge is 0.211 e. The minimum Gasteiger partial charge on any atom is -0.211 e. The maximum Gasteiger partial charge on any atom is 0.163 e. The quantitative estimate of drug-likeness (QED) is 0.210. The molecular formula is C42H27N3. The molecule has 1 heterocycles. The molecule has 1 aromatic heterocycles. The second-order valence-electron chi connectivity index (χ2n) is 11.6. The van der Waals surface area contributed by atoms with Gasteiger partial charge < -0.3 is 0 Å². The molecule has 0 spiro atoms. The molecule has 0 atom stereocenters. The minimum atomic E-state index is -0.755. The van der Waals surface area contributed by atoms with E-state index in [4.69, 9.17) is 15.0 Å². The molecule has 0 saturated carbocycles. The van der Waals surface area contributed by atoms with Crippen LogP contribution in [0.5, 0.6) is 0 Å². The van der Waals surface area contributed by atoms with Gasteiger partial charge in [0.2, 0.25) is 0 Å². The van der Waals surface area contributed by atoms with Gasteiger partial charge >= 0.3 is 0 Å². The molecule has 1 aliphatic rings. The van der Waals surface area contributed by atoms with E-state index in [1.54, 1.807) is 0 Å². The van der Waals surface area contributed by atoms with E-state index in [9.17, 15) is 0 Å². The Labute approximate surface area is 261 Å². The Morgan fingerprint density at radius 1 is 0.356 bits per heavy atom. The smallest absolute Gasteiger partial charge is 0.163 e. The molecule has 3 nitrogen and oxygen atoms in total. The summed E-state index contributed by atoms with van der Waals surface area (Å²) in [5.74, 6) is 2.03. The zero-order valence-electron chi connectivity index (χ0n) is 24.4. The van der Waals surface area contributed by atoms with Gasteiger partial charge in [-0.25, -0.2) is 15.0 Å². The van der Waals surface area contributed by atoms with Gasteiger partial charge in [-0.05, 0) is 61.5 Å². The first-order valence-corrected chi connectivity index (χ1v) is 15.3. The lowest BCUT2D eigenvalue weighted by atomic mass is 9.71. The highest BCUT2D eigenvalue weighted by molar-refractivity contribution is 5.90. The van der Waals surface area contributed by atoms with Crippen molar-refractivity contribution in [3.63, 3.8) is 0 Å². The number of nitrogens with zero attached hydrogens (tertiary/aromatic N) is 3. The zero-order valence-corrected chi connectivity index (χ0v) is 24.4. The first-order chi connectivity index (χ1) is 22.3. The molecule has 8 aromatic rings. The summed E-state index contributed by atoms with van der Waals surface area (Å²) < 4.78 is 0. The van der Waals surface area contributed by atoms with Gasteiger partial charge in [0.1, 0.15) is 5.41 Å². The lowest BCUT2D eigenvalue weighted by Crippen LogP contribution is -2.31. The van der Waals surface area contributed by atoms with Gasteiger partial charge in [0.15, 0.2) is 17.5 Å². The minimum absolute atomic E-state index is 0.658. The summed E-state index contributed by atoms with van der Waals surface area (Å²) in [4.78, 5) is 15.9. The van der Waals surface area contributed by atoms with Crippen molar-refractivity contribution in [3.8, 4) is 33.9 Å². The van der Waals surface area contributed by atoms with Gasteiger partial charge in [-0.2, -0.15) is 0 Å². The number of benzene rings is 7. The molecule has 0 bridgehead atoms. The van der Waals surface area contributed by atoms with Crippen LogP contribution in [0.3, 0.4) is 0 Å². The first-order valence-electron chi connectivity index (χ1n) is 15.3. The van der Waals surface area contributed by atoms with Crippen LogP contribution < -0.4 is 0 Å². The van der Waals surface area contributed by atoms with Crippen molar-refractivity contribution in [2.24, 2.45) is 0 Å². The van der Waals surface area contributed by atoms with E-state index >= 15 is 0 Å². The maximum atomic E-state index is 5.42. The lowest BCUT2D eigenvalue weighted by Gasteiger charge is -2.32. The molecule has 9 rings (SSSR count). The molecule has 0 fully saturated rings. The second kappa shape index (κ2) is 10.1. The van der Waals surface area contributed by atoms with Gasteiger partial charge in [-0.1, -0.05) is 152 Å². The van der Waals surface area contributed by atoms with Crippen molar-refractivity contribution >= 4 is 21.5 Å². The van der Waals surface area contributed by atoms with Crippen LogP contribution in [-0.4, -0.2) is 15.0 Å². The molecule has 1 aliphatic carbocycles. The fraction of sp³-hybridized carbons (Fsp3) is 0.0238. The highest BCUT2D eigenvalue weighted by Crippen LogP contribution is 2.55. The average Bonchev–Trinajstić information content (AvgIpc) is 3.42. The average molecular weight is 574 g/mol. The predicted octanol–water partition coefficient (Wildman–Crippen LogP) is 9.88. The molecule has 0 saturated heterocycles. The molecular weight excluding hydrogens is 546 g/mol. The molecule has 0 N–H and O–H groups in total. The standard InChI is InChI=1S/C42H27N3/c1-2-14-30(15-3-1)39-43-40(33-23-22-28-12-4-6-16-31(28)26-33)45-41(44-39)42(34-25-24-29-13-5-7-17-32(29)27-34)37-20-10-8-18-35(37)36-19-9-11-21-38(36)42/h1-27H. The van der Waals surface area contributed by atoms with Crippen molar-refractivity contribution in [1.82, 2.24) is 15.0 Å². The van der Waals surface area contributed by atoms with Gasteiger partial charge in [0.05, 0.1) is 0 Å². The van der Waals surface area contributed by atoms with Crippen LogP contribution in [0.15, 0.2) is 164 Å². The van der Waals surface area contributed by atoms with E-state index in [1.807, 2.05) is 18.2 Å². The van der Waals surface area contributed by atoms with Crippen molar-refractivity contribution in [3.05, 3.63) is 186 Å². The Balaban J connectivity index is 1.41. The van der Waals surface area contributed by atoms with Crippen LogP contribution in [0.25, 0.3) is 55.4 Å². The summed E-state index contributed by atoms with van der Waals surface area (Å²) in [5.41, 5.74) is 7.06. The molecule has 45 heavy (non-hydrogen) atoms. The molecule has 0 unspecified atom stereocenters. The third-order valence-corrected chi connectivity index (χ3v) is 9.15. The van der Waals surface area contributed by atoms with Crippen LogP contribution in [0.2, 0.25) is 0 Å². The Morgan fingerprint density at radius 2 is 0.867 bits per heavy atom. The van der Waals surface area contributed by atoms with Gasteiger partial charge in [0, 0.05) is 11.1 Å². The van der Waals surface area contributed by atoms with Crippen LogP contribution in [-0.2, 0) is 5.41 Å². The molecule has 0 aliphatic heterocycles. The van der Waals surface area contributed by atoms with E-state index < -0.39 is 5.41 Å². The molecule has 0 amide bonds. The summed E-state index contributed by atoms with van der Waals surface area (Å²) in [6.07, 6.45) is 0. The number of hydrogen-bond acceptors (Lipinski definition) is 3. The van der Waals surface area contributed by atoms with E-state index in [2.05, 4.69) is 146 Å². The van der Waals surface area contributed by atoms with Crippen LogP contribution in [0, 0.1) is 0 Å². The van der Waals surface area contributed by atoms with E-state index in [1.165, 1.54) is 38.4 Å². The van der Waals surface area contributed by atoms with Crippen LogP contribution >= 0.6 is 0 Å². The van der Waals surface area contributed by atoms with Crippen LogP contribution in [0.1, 0.15) is 22.5 Å². The molecule has 0 radical (unpaired) electrons. The van der Waals surface area contributed by atoms with Crippen LogP contribution in [0.4, 0.5) is 0 Å². The van der Waals surface area contributed by atoms with Crippen molar-refractivity contribution in [1.29, 1.82) is 0 Å². The van der Waals surface area contributed by atoms with E-state index in [0.29, 0.717) is 17.5 Å². The Morgan fingerprint density at radius 3 is 1.53 bits per heavy atom. The monoisotopic (exact) mass is 573 g/mol. The lowest BCUT2D eigenvalue weighted by molar-refractivity contribution is 0.693. The Hall–Kier alpha value is -5.93. The summed E-state index contributed by atoms with van der Waals surface area (Å²) in [6, 6.07) is 57.9. The predicted molar refractivity (Wildman–Crippen MR) is 183 cm³/mol. The third kappa shape index (κ3) is 3.94. The van der Waals surface area contributed by atoms with E-state index in [-0.39, 0.29) is 0 Å². The summed E-state index contributed by atoms with van der Waals surface area (Å²) in [7, 11) is 0. The van der Waals surface area contributed by atoms with Crippen molar-refractivity contribution in [2.45, 2.75) is 5.41 Å². The highest BCUT2D eigenvalue weighted by Gasteiger charge is 2.48. The topological polar surface area (TPSA) is 38.7 Å². The highest BCUT2D eigenvalue weighted by atomic mass is 15.0. The normalized spacial score (nSPS) is 13.1. The summed E-state index contributed by atoms with van der Waals surface area (Å²) in [5, 5.41) is 4.72.